The molecule has 3 rings (SSSR count). The fraction of sp³-hybridized carbons (Fsp3) is 0.611. The standard InChI is InChI=1S/C18H26N2O2/c1-14(21)15-6-9-19(10-7-15)13-18(22)20-11-8-16-4-2-3-5-17(16)12-20/h2-5,14-15,21H,6-13H2,1H3. The Morgan fingerprint density at radius 1 is 1.23 bits per heavy atom. The van der Waals surface area contributed by atoms with Crippen LogP contribution in [0.15, 0.2) is 24.3 Å². The summed E-state index contributed by atoms with van der Waals surface area (Å²) in [6, 6.07) is 8.41. The van der Waals surface area contributed by atoms with E-state index in [2.05, 4.69) is 23.1 Å². The average molecular weight is 302 g/mol. The molecule has 4 heteroatoms. The molecule has 1 amide bonds. The Balaban J connectivity index is 1.51. The number of piperidine rings is 1. The SMILES string of the molecule is CC(O)C1CCN(CC(=O)N2CCc3ccccc3C2)CC1. The minimum atomic E-state index is -0.226. The first-order valence-corrected chi connectivity index (χ1v) is 8.38. The molecule has 1 unspecified atom stereocenters. The molecule has 1 atom stereocenters. The number of likely N-dealkylation sites (tertiary alicyclic amines) is 1. The summed E-state index contributed by atoms with van der Waals surface area (Å²) in [6.45, 7) is 5.82. The first kappa shape index (κ1) is 15.5. The number of carbonyl (C=O) groups excluding carboxylic acids is 1. The van der Waals surface area contributed by atoms with Gasteiger partial charge in [-0.3, -0.25) is 9.69 Å². The van der Waals surface area contributed by atoms with Crippen LogP contribution in [0.2, 0.25) is 0 Å². The Labute approximate surface area is 132 Å². The van der Waals surface area contributed by atoms with Gasteiger partial charge in [-0.15, -0.1) is 0 Å². The predicted octanol–water partition coefficient (Wildman–Crippen LogP) is 1.66. The van der Waals surface area contributed by atoms with E-state index in [4.69, 9.17) is 0 Å². The lowest BCUT2D eigenvalue weighted by atomic mass is 9.92. The molecule has 1 N–H and O–H groups in total. The van der Waals surface area contributed by atoms with Crippen molar-refractivity contribution < 1.29 is 9.90 Å². The van der Waals surface area contributed by atoms with Gasteiger partial charge in [0.2, 0.25) is 5.91 Å². The number of aliphatic hydroxyl groups excluding tert-OH is 1. The number of rotatable bonds is 3. The van der Waals surface area contributed by atoms with Crippen molar-refractivity contribution in [3.63, 3.8) is 0 Å². The smallest absolute Gasteiger partial charge is 0.237 e. The summed E-state index contributed by atoms with van der Waals surface area (Å²) in [7, 11) is 0. The Bertz CT molecular complexity index is 522. The number of nitrogens with zero attached hydrogens (tertiary/aromatic N) is 2. The Hall–Kier alpha value is -1.39. The van der Waals surface area contributed by atoms with Crippen molar-refractivity contribution in [3.05, 3.63) is 35.4 Å². The van der Waals surface area contributed by atoms with E-state index >= 15 is 0 Å². The quantitative estimate of drug-likeness (QED) is 0.923. The van der Waals surface area contributed by atoms with Gasteiger partial charge in [-0.1, -0.05) is 24.3 Å². The molecule has 0 bridgehead atoms. The molecule has 0 aliphatic carbocycles. The van der Waals surface area contributed by atoms with E-state index in [0.29, 0.717) is 12.5 Å². The van der Waals surface area contributed by atoms with Crippen LogP contribution in [-0.4, -0.2) is 53.1 Å². The second kappa shape index (κ2) is 6.80. The van der Waals surface area contributed by atoms with Crippen LogP contribution in [0.3, 0.4) is 0 Å². The van der Waals surface area contributed by atoms with Gasteiger partial charge in [0.1, 0.15) is 0 Å². The zero-order chi connectivity index (χ0) is 15.5. The van der Waals surface area contributed by atoms with Crippen LogP contribution in [0, 0.1) is 5.92 Å². The van der Waals surface area contributed by atoms with Crippen LogP contribution in [-0.2, 0) is 17.8 Å². The number of amides is 1. The highest BCUT2D eigenvalue weighted by Crippen LogP contribution is 2.22. The minimum Gasteiger partial charge on any atom is -0.393 e. The molecule has 1 aromatic carbocycles. The Morgan fingerprint density at radius 2 is 1.91 bits per heavy atom. The molecule has 0 aromatic heterocycles. The van der Waals surface area contributed by atoms with Crippen molar-refractivity contribution in [2.75, 3.05) is 26.2 Å². The third-order valence-corrected chi connectivity index (χ3v) is 5.16. The van der Waals surface area contributed by atoms with Gasteiger partial charge in [0.05, 0.1) is 12.6 Å². The van der Waals surface area contributed by atoms with E-state index in [1.165, 1.54) is 11.1 Å². The van der Waals surface area contributed by atoms with E-state index in [1.54, 1.807) is 0 Å². The predicted molar refractivity (Wildman–Crippen MR) is 86.4 cm³/mol. The highest BCUT2D eigenvalue weighted by molar-refractivity contribution is 5.78. The van der Waals surface area contributed by atoms with Crippen molar-refractivity contribution in [1.29, 1.82) is 0 Å². The lowest BCUT2D eigenvalue weighted by molar-refractivity contribution is -0.133. The van der Waals surface area contributed by atoms with E-state index in [9.17, 15) is 9.90 Å². The summed E-state index contributed by atoms with van der Waals surface area (Å²) in [6.07, 6.45) is 2.73. The molecule has 2 aliphatic rings. The summed E-state index contributed by atoms with van der Waals surface area (Å²) in [5, 5.41) is 9.65. The third kappa shape index (κ3) is 3.50. The van der Waals surface area contributed by atoms with Gasteiger partial charge in [0.25, 0.3) is 0 Å². The van der Waals surface area contributed by atoms with Crippen molar-refractivity contribution in [1.82, 2.24) is 9.80 Å². The van der Waals surface area contributed by atoms with Crippen LogP contribution in [0.25, 0.3) is 0 Å². The number of carbonyl (C=O) groups is 1. The van der Waals surface area contributed by atoms with E-state index in [-0.39, 0.29) is 12.0 Å². The van der Waals surface area contributed by atoms with Crippen LogP contribution in [0.1, 0.15) is 30.9 Å². The summed E-state index contributed by atoms with van der Waals surface area (Å²) >= 11 is 0. The Kier molecular flexibility index (Phi) is 4.79. The molecular formula is C18H26N2O2. The molecule has 2 aliphatic heterocycles. The zero-order valence-corrected chi connectivity index (χ0v) is 13.4. The zero-order valence-electron chi connectivity index (χ0n) is 13.4. The van der Waals surface area contributed by atoms with Crippen LogP contribution in [0.5, 0.6) is 0 Å². The molecule has 1 saturated heterocycles. The summed E-state index contributed by atoms with van der Waals surface area (Å²) < 4.78 is 0. The van der Waals surface area contributed by atoms with Gasteiger partial charge in [0, 0.05) is 13.1 Å². The fourth-order valence-electron chi connectivity index (χ4n) is 3.59. The minimum absolute atomic E-state index is 0.226. The van der Waals surface area contributed by atoms with Crippen molar-refractivity contribution in [2.45, 2.75) is 38.8 Å². The van der Waals surface area contributed by atoms with Crippen molar-refractivity contribution in [3.8, 4) is 0 Å². The molecule has 0 spiro atoms. The average Bonchev–Trinajstić information content (AvgIpc) is 2.55. The van der Waals surface area contributed by atoms with Gasteiger partial charge in [-0.2, -0.15) is 0 Å². The second-order valence-corrected chi connectivity index (χ2v) is 6.69. The lowest BCUT2D eigenvalue weighted by Crippen LogP contribution is -2.45. The maximum atomic E-state index is 12.5. The highest BCUT2D eigenvalue weighted by atomic mass is 16.3. The maximum Gasteiger partial charge on any atom is 0.237 e. The number of hydrogen-bond donors (Lipinski definition) is 1. The van der Waals surface area contributed by atoms with Crippen molar-refractivity contribution in [2.24, 2.45) is 5.92 Å². The van der Waals surface area contributed by atoms with Gasteiger partial charge in [0.15, 0.2) is 0 Å². The number of fused-ring (bicyclic) bond motifs is 1. The lowest BCUT2D eigenvalue weighted by Gasteiger charge is -2.35. The monoisotopic (exact) mass is 302 g/mol. The number of aliphatic hydroxyl groups is 1. The number of benzene rings is 1. The normalized spacial score (nSPS) is 21.5. The van der Waals surface area contributed by atoms with Crippen LogP contribution < -0.4 is 0 Å². The van der Waals surface area contributed by atoms with Gasteiger partial charge in [-0.05, 0) is 56.3 Å². The largest absolute Gasteiger partial charge is 0.393 e. The second-order valence-electron chi connectivity index (χ2n) is 6.69. The molecule has 1 aromatic rings. The van der Waals surface area contributed by atoms with Crippen LogP contribution >= 0.6 is 0 Å². The highest BCUT2D eigenvalue weighted by Gasteiger charge is 2.26. The summed E-state index contributed by atoms with van der Waals surface area (Å²) in [5.41, 5.74) is 2.67. The number of hydrogen-bond acceptors (Lipinski definition) is 3. The van der Waals surface area contributed by atoms with Gasteiger partial charge >= 0.3 is 0 Å². The van der Waals surface area contributed by atoms with E-state index in [0.717, 1.165) is 45.4 Å². The molecule has 120 valence electrons. The molecule has 22 heavy (non-hydrogen) atoms. The summed E-state index contributed by atoms with van der Waals surface area (Å²) in [5.74, 6) is 0.637. The first-order chi connectivity index (χ1) is 10.6. The van der Waals surface area contributed by atoms with Gasteiger partial charge < -0.3 is 10.0 Å². The fourth-order valence-corrected chi connectivity index (χ4v) is 3.59. The topological polar surface area (TPSA) is 43.8 Å². The third-order valence-electron chi connectivity index (χ3n) is 5.16. The molecule has 1 fully saturated rings. The maximum absolute atomic E-state index is 12.5. The Morgan fingerprint density at radius 3 is 2.59 bits per heavy atom. The molecular weight excluding hydrogens is 276 g/mol. The first-order valence-electron chi connectivity index (χ1n) is 8.38. The van der Waals surface area contributed by atoms with Crippen molar-refractivity contribution >= 4 is 5.91 Å². The van der Waals surface area contributed by atoms with E-state index in [1.807, 2.05) is 17.9 Å². The summed E-state index contributed by atoms with van der Waals surface area (Å²) in [4.78, 5) is 16.8. The van der Waals surface area contributed by atoms with Gasteiger partial charge in [-0.25, -0.2) is 0 Å². The molecule has 0 saturated carbocycles. The molecule has 0 radical (unpaired) electrons. The van der Waals surface area contributed by atoms with Crippen LogP contribution in [0.4, 0.5) is 0 Å². The molecule has 4 nitrogen and oxygen atoms in total. The molecule has 2 heterocycles. The van der Waals surface area contributed by atoms with E-state index < -0.39 is 0 Å².